The number of aryl methyl sites for hydroxylation is 3. The van der Waals surface area contributed by atoms with Crippen LogP contribution in [0.1, 0.15) is 41.0 Å². The van der Waals surface area contributed by atoms with Crippen LogP contribution in [-0.4, -0.2) is 33.1 Å². The van der Waals surface area contributed by atoms with E-state index in [1.54, 1.807) is 0 Å². The number of aromatic nitrogens is 4. The normalized spacial score (nSPS) is 18.9. The summed E-state index contributed by atoms with van der Waals surface area (Å²) in [6, 6.07) is 0. The highest BCUT2D eigenvalue weighted by atomic mass is 16.5. The van der Waals surface area contributed by atoms with Gasteiger partial charge in [0.2, 0.25) is 5.89 Å². The zero-order valence-electron chi connectivity index (χ0n) is 12.2. The molecule has 0 aromatic carbocycles. The lowest BCUT2D eigenvalue weighted by Gasteiger charge is -2.01. The highest BCUT2D eigenvalue weighted by molar-refractivity contribution is 5.22. The van der Waals surface area contributed by atoms with Crippen molar-refractivity contribution < 1.29 is 9.26 Å². The van der Waals surface area contributed by atoms with Gasteiger partial charge in [-0.3, -0.25) is 4.68 Å². The Kier molecular flexibility index (Phi) is 3.56. The van der Waals surface area contributed by atoms with E-state index in [1.165, 1.54) is 11.3 Å². The lowest BCUT2D eigenvalue weighted by molar-refractivity contribution is 0.192. The summed E-state index contributed by atoms with van der Waals surface area (Å²) in [4.78, 5) is 4.47. The van der Waals surface area contributed by atoms with E-state index in [2.05, 4.69) is 29.1 Å². The SMILES string of the molecule is Cc1nn(CCc2nc(C3CCOC3)no2)c(C)c1C. The largest absolute Gasteiger partial charge is 0.381 e. The van der Waals surface area contributed by atoms with Crippen LogP contribution in [0, 0.1) is 20.8 Å². The van der Waals surface area contributed by atoms with Crippen LogP contribution in [0.2, 0.25) is 0 Å². The van der Waals surface area contributed by atoms with Crippen LogP contribution in [0.5, 0.6) is 0 Å². The first-order chi connectivity index (χ1) is 9.65. The number of hydrogen-bond acceptors (Lipinski definition) is 5. The molecule has 6 nitrogen and oxygen atoms in total. The summed E-state index contributed by atoms with van der Waals surface area (Å²) in [5.74, 6) is 1.75. The summed E-state index contributed by atoms with van der Waals surface area (Å²) in [6.07, 6.45) is 1.69. The maximum atomic E-state index is 5.35. The lowest BCUT2D eigenvalue weighted by atomic mass is 10.1. The van der Waals surface area contributed by atoms with Crippen LogP contribution in [0.15, 0.2) is 4.52 Å². The number of rotatable bonds is 4. The fraction of sp³-hybridized carbons (Fsp3) is 0.643. The number of nitrogens with zero attached hydrogens (tertiary/aromatic N) is 4. The van der Waals surface area contributed by atoms with Gasteiger partial charge in [0, 0.05) is 31.2 Å². The van der Waals surface area contributed by atoms with Crippen molar-refractivity contribution in [2.75, 3.05) is 13.2 Å². The Morgan fingerprint density at radius 3 is 2.80 bits per heavy atom. The summed E-state index contributed by atoms with van der Waals surface area (Å²) in [6.45, 7) is 8.48. The van der Waals surface area contributed by atoms with Crippen molar-refractivity contribution in [1.82, 2.24) is 19.9 Å². The average Bonchev–Trinajstić information content (AvgIpc) is 3.14. The van der Waals surface area contributed by atoms with Crippen molar-refractivity contribution >= 4 is 0 Å². The van der Waals surface area contributed by atoms with Gasteiger partial charge in [-0.25, -0.2) is 0 Å². The van der Waals surface area contributed by atoms with Gasteiger partial charge < -0.3 is 9.26 Å². The van der Waals surface area contributed by atoms with Gasteiger partial charge in [0.15, 0.2) is 5.82 Å². The fourth-order valence-electron chi connectivity index (χ4n) is 2.48. The van der Waals surface area contributed by atoms with Gasteiger partial charge in [-0.2, -0.15) is 10.1 Å². The molecule has 1 saturated heterocycles. The lowest BCUT2D eigenvalue weighted by Crippen LogP contribution is -2.06. The van der Waals surface area contributed by atoms with Crippen molar-refractivity contribution in [3.8, 4) is 0 Å². The predicted molar refractivity (Wildman–Crippen MR) is 72.6 cm³/mol. The smallest absolute Gasteiger partial charge is 0.228 e. The van der Waals surface area contributed by atoms with Gasteiger partial charge in [-0.05, 0) is 32.8 Å². The Bertz CT molecular complexity index is 596. The van der Waals surface area contributed by atoms with Crippen molar-refractivity contribution in [2.45, 2.75) is 46.1 Å². The van der Waals surface area contributed by atoms with Crippen LogP contribution < -0.4 is 0 Å². The second-order valence-electron chi connectivity index (χ2n) is 5.38. The maximum absolute atomic E-state index is 5.35. The molecule has 6 heteroatoms. The zero-order valence-corrected chi connectivity index (χ0v) is 12.2. The van der Waals surface area contributed by atoms with E-state index in [1.807, 2.05) is 11.6 Å². The standard InChI is InChI=1S/C14H20N4O2/c1-9-10(2)16-18(11(9)3)6-4-13-15-14(17-20-13)12-5-7-19-8-12/h12H,4-8H2,1-3H3. The van der Waals surface area contributed by atoms with Gasteiger partial charge in [0.25, 0.3) is 0 Å². The first-order valence-electron chi connectivity index (χ1n) is 7.06. The summed E-state index contributed by atoms with van der Waals surface area (Å²) >= 11 is 0. The van der Waals surface area contributed by atoms with Gasteiger partial charge >= 0.3 is 0 Å². The van der Waals surface area contributed by atoms with E-state index in [0.29, 0.717) is 24.8 Å². The third-order valence-electron chi connectivity index (χ3n) is 4.06. The molecule has 0 aliphatic carbocycles. The molecule has 1 aliphatic rings. The molecule has 2 aromatic rings. The molecule has 0 saturated carbocycles. The van der Waals surface area contributed by atoms with E-state index in [9.17, 15) is 0 Å². The molecule has 3 heterocycles. The molecule has 3 rings (SSSR count). The van der Waals surface area contributed by atoms with Crippen molar-refractivity contribution in [2.24, 2.45) is 0 Å². The Morgan fingerprint density at radius 1 is 1.30 bits per heavy atom. The van der Waals surface area contributed by atoms with Gasteiger partial charge in [-0.15, -0.1) is 0 Å². The van der Waals surface area contributed by atoms with Crippen LogP contribution in [0.4, 0.5) is 0 Å². The Morgan fingerprint density at radius 2 is 2.15 bits per heavy atom. The van der Waals surface area contributed by atoms with Crippen LogP contribution >= 0.6 is 0 Å². The molecule has 2 aromatic heterocycles. The number of ether oxygens (including phenoxy) is 1. The van der Waals surface area contributed by atoms with Crippen molar-refractivity contribution in [3.05, 3.63) is 28.7 Å². The second-order valence-corrected chi connectivity index (χ2v) is 5.38. The third-order valence-corrected chi connectivity index (χ3v) is 4.06. The Hall–Kier alpha value is -1.69. The molecule has 1 fully saturated rings. The minimum Gasteiger partial charge on any atom is -0.381 e. The molecule has 0 amide bonds. The molecular weight excluding hydrogens is 256 g/mol. The maximum Gasteiger partial charge on any atom is 0.228 e. The van der Waals surface area contributed by atoms with Crippen molar-refractivity contribution in [3.63, 3.8) is 0 Å². The average molecular weight is 276 g/mol. The third kappa shape index (κ3) is 2.47. The minimum absolute atomic E-state index is 0.295. The van der Waals surface area contributed by atoms with Crippen LogP contribution in [0.3, 0.4) is 0 Å². The molecule has 0 radical (unpaired) electrons. The van der Waals surface area contributed by atoms with E-state index in [-0.39, 0.29) is 0 Å². The van der Waals surface area contributed by atoms with Gasteiger partial charge in [0.1, 0.15) is 0 Å². The summed E-state index contributed by atoms with van der Waals surface area (Å²) in [7, 11) is 0. The monoisotopic (exact) mass is 276 g/mol. The molecule has 0 spiro atoms. The molecule has 0 bridgehead atoms. The molecule has 20 heavy (non-hydrogen) atoms. The molecule has 1 aliphatic heterocycles. The van der Waals surface area contributed by atoms with Crippen molar-refractivity contribution in [1.29, 1.82) is 0 Å². The van der Waals surface area contributed by atoms with E-state index >= 15 is 0 Å². The second kappa shape index (κ2) is 5.36. The van der Waals surface area contributed by atoms with Crippen LogP contribution in [-0.2, 0) is 17.7 Å². The Labute approximate surface area is 118 Å². The van der Waals surface area contributed by atoms with E-state index in [0.717, 1.165) is 31.1 Å². The first kappa shape index (κ1) is 13.3. The highest BCUT2D eigenvalue weighted by Gasteiger charge is 2.23. The topological polar surface area (TPSA) is 66.0 Å². The summed E-state index contributed by atoms with van der Waals surface area (Å²) in [5.41, 5.74) is 3.53. The zero-order chi connectivity index (χ0) is 14.1. The van der Waals surface area contributed by atoms with Crippen LogP contribution in [0.25, 0.3) is 0 Å². The molecular formula is C14H20N4O2. The molecule has 108 valence electrons. The fourth-order valence-corrected chi connectivity index (χ4v) is 2.48. The number of hydrogen-bond donors (Lipinski definition) is 0. The van der Waals surface area contributed by atoms with Gasteiger partial charge in [-0.1, -0.05) is 5.16 Å². The summed E-state index contributed by atoms with van der Waals surface area (Å²) in [5, 5.41) is 8.58. The van der Waals surface area contributed by atoms with E-state index < -0.39 is 0 Å². The molecule has 1 unspecified atom stereocenters. The predicted octanol–water partition coefficient (Wildman–Crippen LogP) is 1.94. The Balaban J connectivity index is 1.64. The molecule has 1 atom stereocenters. The molecule has 0 N–H and O–H groups in total. The summed E-state index contributed by atoms with van der Waals surface area (Å²) < 4.78 is 12.7. The highest BCUT2D eigenvalue weighted by Crippen LogP contribution is 2.22. The van der Waals surface area contributed by atoms with Gasteiger partial charge in [0.05, 0.1) is 12.3 Å². The van der Waals surface area contributed by atoms with E-state index in [4.69, 9.17) is 9.26 Å². The first-order valence-corrected chi connectivity index (χ1v) is 7.06. The minimum atomic E-state index is 0.295. The quantitative estimate of drug-likeness (QED) is 0.853.